The van der Waals surface area contributed by atoms with Crippen molar-refractivity contribution in [2.75, 3.05) is 25.5 Å². The number of hydrogen-bond donors (Lipinski definition) is 1. The Kier molecular flexibility index (Phi) is 5.50. The predicted octanol–water partition coefficient (Wildman–Crippen LogP) is 3.68. The number of Topliss-reactive ketones (excluding diaryl/α,β-unsaturated/α-hetero) is 1. The molecule has 5 nitrogen and oxygen atoms in total. The van der Waals surface area contributed by atoms with Crippen LogP contribution in [0.4, 0.5) is 5.69 Å². The van der Waals surface area contributed by atoms with Crippen LogP contribution >= 0.6 is 11.3 Å². The zero-order valence-electron chi connectivity index (χ0n) is 14.5. The van der Waals surface area contributed by atoms with Crippen molar-refractivity contribution in [3.63, 3.8) is 0 Å². The molecule has 0 spiro atoms. The Hall–Kier alpha value is -2.18. The van der Waals surface area contributed by atoms with Gasteiger partial charge in [0, 0.05) is 18.8 Å². The number of likely N-dealkylation sites (tertiary alicyclic amines) is 1. The topological polar surface area (TPSA) is 58.6 Å². The number of anilines is 1. The number of thiophene rings is 1. The Balaban J connectivity index is 1.56. The summed E-state index contributed by atoms with van der Waals surface area (Å²) in [6.45, 7) is 3.61. The highest BCUT2D eigenvalue weighted by Crippen LogP contribution is 2.22. The normalized spacial score (nSPS) is 15.8. The summed E-state index contributed by atoms with van der Waals surface area (Å²) in [4.78, 5) is 27.0. The summed E-state index contributed by atoms with van der Waals surface area (Å²) in [6, 6.07) is 10.8. The Labute approximate surface area is 151 Å². The van der Waals surface area contributed by atoms with Gasteiger partial charge >= 0.3 is 0 Å². The molecule has 2 aromatic rings. The number of carbonyl (C=O) groups is 2. The van der Waals surface area contributed by atoms with Crippen LogP contribution in [0.25, 0.3) is 0 Å². The fourth-order valence-electron chi connectivity index (χ4n) is 2.75. The van der Waals surface area contributed by atoms with Gasteiger partial charge in [-0.2, -0.15) is 0 Å². The van der Waals surface area contributed by atoms with Crippen LogP contribution in [-0.2, 0) is 0 Å². The second-order valence-corrected chi connectivity index (χ2v) is 7.40. The molecule has 0 atom stereocenters. The number of rotatable bonds is 5. The van der Waals surface area contributed by atoms with Gasteiger partial charge in [-0.15, -0.1) is 11.3 Å². The van der Waals surface area contributed by atoms with E-state index >= 15 is 0 Å². The molecular formula is C19H22N2O3S. The molecule has 2 heterocycles. The van der Waals surface area contributed by atoms with Crippen LogP contribution in [0.3, 0.4) is 0 Å². The Bertz CT molecular complexity index is 746. The number of carbonyl (C=O) groups excluding carboxylic acids is 2. The van der Waals surface area contributed by atoms with E-state index in [0.29, 0.717) is 15.4 Å². The summed E-state index contributed by atoms with van der Waals surface area (Å²) in [5.74, 6) is 0.587. The number of nitrogens with zero attached hydrogens (tertiary/aromatic N) is 1. The van der Waals surface area contributed by atoms with Crippen molar-refractivity contribution in [1.82, 2.24) is 4.90 Å². The Morgan fingerprint density at radius 2 is 1.72 bits per heavy atom. The van der Waals surface area contributed by atoms with Crippen molar-refractivity contribution >= 4 is 28.7 Å². The van der Waals surface area contributed by atoms with Gasteiger partial charge in [0.1, 0.15) is 11.9 Å². The number of nitrogens with one attached hydrogen (secondary N) is 1. The van der Waals surface area contributed by atoms with E-state index < -0.39 is 0 Å². The fourth-order valence-corrected chi connectivity index (χ4v) is 3.55. The Morgan fingerprint density at radius 1 is 1.08 bits per heavy atom. The molecule has 0 radical (unpaired) electrons. The van der Waals surface area contributed by atoms with Gasteiger partial charge in [0.25, 0.3) is 5.91 Å². The summed E-state index contributed by atoms with van der Waals surface area (Å²) in [5.41, 5.74) is 0.707. The first-order chi connectivity index (χ1) is 12.0. The molecule has 1 aromatic carbocycles. The van der Waals surface area contributed by atoms with Crippen molar-refractivity contribution in [3.05, 3.63) is 46.2 Å². The molecule has 1 saturated heterocycles. The van der Waals surface area contributed by atoms with Gasteiger partial charge in [-0.3, -0.25) is 9.59 Å². The summed E-state index contributed by atoms with van der Waals surface area (Å²) < 4.78 is 6.00. The molecule has 1 amide bonds. The van der Waals surface area contributed by atoms with Crippen LogP contribution in [0, 0.1) is 0 Å². The first kappa shape index (κ1) is 17.6. The summed E-state index contributed by atoms with van der Waals surface area (Å²) in [5, 5.41) is 2.85. The third kappa shape index (κ3) is 4.67. The number of amides is 1. The van der Waals surface area contributed by atoms with Crippen LogP contribution in [0.2, 0.25) is 0 Å². The molecule has 0 aliphatic carbocycles. The molecule has 6 heteroatoms. The standard InChI is InChI=1S/C19H22N2O3S/c1-13(22)17-7-8-18(25-17)19(23)20-14-3-5-15(6-4-14)24-16-9-11-21(2)12-10-16/h3-8,16H,9-12H2,1-2H3,(H,20,23). The largest absolute Gasteiger partial charge is 0.490 e. The van der Waals surface area contributed by atoms with E-state index in [-0.39, 0.29) is 17.8 Å². The van der Waals surface area contributed by atoms with E-state index in [9.17, 15) is 9.59 Å². The summed E-state index contributed by atoms with van der Waals surface area (Å²) in [7, 11) is 2.13. The van der Waals surface area contributed by atoms with Gasteiger partial charge in [-0.1, -0.05) is 0 Å². The van der Waals surface area contributed by atoms with E-state index in [1.807, 2.05) is 24.3 Å². The number of benzene rings is 1. The van der Waals surface area contributed by atoms with Crippen LogP contribution in [-0.4, -0.2) is 42.8 Å². The number of piperidine rings is 1. The predicted molar refractivity (Wildman–Crippen MR) is 99.9 cm³/mol. The highest BCUT2D eigenvalue weighted by Gasteiger charge is 2.18. The first-order valence-corrected chi connectivity index (χ1v) is 9.20. The number of ether oxygens (including phenoxy) is 1. The van der Waals surface area contributed by atoms with Crippen LogP contribution in [0.15, 0.2) is 36.4 Å². The molecule has 25 heavy (non-hydrogen) atoms. The number of ketones is 1. The number of hydrogen-bond acceptors (Lipinski definition) is 5. The quantitative estimate of drug-likeness (QED) is 0.829. The molecule has 132 valence electrons. The highest BCUT2D eigenvalue weighted by atomic mass is 32.1. The van der Waals surface area contributed by atoms with E-state index in [0.717, 1.165) is 31.7 Å². The van der Waals surface area contributed by atoms with Gasteiger partial charge in [-0.25, -0.2) is 0 Å². The lowest BCUT2D eigenvalue weighted by atomic mass is 10.1. The maximum absolute atomic E-state index is 12.2. The van der Waals surface area contributed by atoms with E-state index in [1.165, 1.54) is 18.3 Å². The lowest BCUT2D eigenvalue weighted by molar-refractivity contribution is 0.101. The van der Waals surface area contributed by atoms with E-state index in [4.69, 9.17) is 4.74 Å². The molecular weight excluding hydrogens is 336 g/mol. The highest BCUT2D eigenvalue weighted by molar-refractivity contribution is 7.16. The minimum atomic E-state index is -0.207. The maximum atomic E-state index is 12.2. The van der Waals surface area contributed by atoms with Gasteiger partial charge < -0.3 is 15.0 Å². The third-order valence-electron chi connectivity index (χ3n) is 4.26. The zero-order valence-corrected chi connectivity index (χ0v) is 15.3. The third-order valence-corrected chi connectivity index (χ3v) is 5.44. The van der Waals surface area contributed by atoms with Gasteiger partial charge in [0.2, 0.25) is 0 Å². The summed E-state index contributed by atoms with van der Waals surface area (Å²) in [6.07, 6.45) is 2.32. The Morgan fingerprint density at radius 3 is 2.32 bits per heavy atom. The molecule has 0 unspecified atom stereocenters. The molecule has 0 saturated carbocycles. The first-order valence-electron chi connectivity index (χ1n) is 8.38. The second-order valence-electron chi connectivity index (χ2n) is 6.32. The molecule has 1 fully saturated rings. The fraction of sp³-hybridized carbons (Fsp3) is 0.368. The van der Waals surface area contributed by atoms with Crippen molar-refractivity contribution in [1.29, 1.82) is 0 Å². The van der Waals surface area contributed by atoms with Crippen molar-refractivity contribution in [3.8, 4) is 5.75 Å². The average molecular weight is 358 g/mol. The smallest absolute Gasteiger partial charge is 0.265 e. The van der Waals surface area contributed by atoms with Crippen molar-refractivity contribution < 1.29 is 14.3 Å². The minimum absolute atomic E-state index is 0.0283. The molecule has 1 aliphatic rings. The lowest BCUT2D eigenvalue weighted by Gasteiger charge is -2.29. The maximum Gasteiger partial charge on any atom is 0.265 e. The van der Waals surface area contributed by atoms with Crippen LogP contribution < -0.4 is 10.1 Å². The molecule has 0 bridgehead atoms. The van der Waals surface area contributed by atoms with Gasteiger partial charge in [0.05, 0.1) is 9.75 Å². The van der Waals surface area contributed by atoms with Gasteiger partial charge in [-0.05, 0) is 63.2 Å². The molecule has 1 N–H and O–H groups in total. The van der Waals surface area contributed by atoms with E-state index in [2.05, 4.69) is 17.3 Å². The van der Waals surface area contributed by atoms with E-state index in [1.54, 1.807) is 12.1 Å². The molecule has 1 aliphatic heterocycles. The van der Waals surface area contributed by atoms with Crippen molar-refractivity contribution in [2.45, 2.75) is 25.9 Å². The lowest BCUT2D eigenvalue weighted by Crippen LogP contribution is -2.35. The molecule has 3 rings (SSSR count). The van der Waals surface area contributed by atoms with Crippen LogP contribution in [0.1, 0.15) is 39.1 Å². The van der Waals surface area contributed by atoms with Crippen LogP contribution in [0.5, 0.6) is 5.75 Å². The SMILES string of the molecule is CC(=O)c1ccc(C(=O)Nc2ccc(OC3CCN(C)CC3)cc2)s1. The molecule has 1 aromatic heterocycles. The van der Waals surface area contributed by atoms with Gasteiger partial charge in [0.15, 0.2) is 5.78 Å². The minimum Gasteiger partial charge on any atom is -0.490 e. The van der Waals surface area contributed by atoms with Crippen molar-refractivity contribution in [2.24, 2.45) is 0 Å². The average Bonchev–Trinajstić information content (AvgIpc) is 3.09. The second kappa shape index (κ2) is 7.80. The summed E-state index contributed by atoms with van der Waals surface area (Å²) >= 11 is 1.20. The monoisotopic (exact) mass is 358 g/mol. The zero-order chi connectivity index (χ0) is 17.8.